The lowest BCUT2D eigenvalue weighted by atomic mass is 10.1. The van der Waals surface area contributed by atoms with Gasteiger partial charge in [-0.1, -0.05) is 49.0 Å². The lowest BCUT2D eigenvalue weighted by Gasteiger charge is -2.23. The van der Waals surface area contributed by atoms with Gasteiger partial charge in [-0.15, -0.1) is 0 Å². The van der Waals surface area contributed by atoms with Crippen molar-refractivity contribution in [1.29, 1.82) is 5.26 Å². The van der Waals surface area contributed by atoms with Gasteiger partial charge in [0.15, 0.2) is 0 Å². The van der Waals surface area contributed by atoms with E-state index in [1.807, 2.05) is 30.0 Å². The molecule has 1 amide bonds. The number of hydrogen-bond donors (Lipinski definition) is 2. The van der Waals surface area contributed by atoms with E-state index in [2.05, 4.69) is 15.9 Å². The second-order valence-electron chi connectivity index (χ2n) is 6.72. The van der Waals surface area contributed by atoms with Gasteiger partial charge in [0, 0.05) is 13.1 Å². The summed E-state index contributed by atoms with van der Waals surface area (Å²) in [4.78, 5) is 22.3. The molecule has 29 heavy (non-hydrogen) atoms. The first-order chi connectivity index (χ1) is 14.0. The van der Waals surface area contributed by atoms with Gasteiger partial charge in [0.05, 0.1) is 18.2 Å². The molecule has 1 saturated heterocycles. The third kappa shape index (κ3) is 4.19. The molecule has 2 aromatic rings. The van der Waals surface area contributed by atoms with Crippen LogP contribution in [0.1, 0.15) is 35.3 Å². The number of carbonyl (C=O) groups is 1. The number of pyridine rings is 1. The molecule has 1 aliphatic heterocycles. The van der Waals surface area contributed by atoms with Crippen LogP contribution in [-0.4, -0.2) is 35.2 Å². The maximum absolute atomic E-state index is 12.2. The standard InChI is InChI=1S/C21H21N5O2S/c1-3-15-16(11-22)21(29-18(19(23)28)13-7-5-4-6-8-13)25-20(17(15)24-2)26-10-9-14(27)12-26/h4-8,14,18,27H,3,9-10,12H2,1H3,(H2,23,28). The highest BCUT2D eigenvalue weighted by Crippen LogP contribution is 2.43. The van der Waals surface area contributed by atoms with Crippen LogP contribution in [0.5, 0.6) is 0 Å². The number of primary amides is 1. The number of aromatic nitrogens is 1. The second kappa shape index (κ2) is 8.95. The summed E-state index contributed by atoms with van der Waals surface area (Å²) in [6.45, 7) is 10.5. The number of aliphatic hydroxyl groups is 1. The Labute approximate surface area is 174 Å². The van der Waals surface area contributed by atoms with Gasteiger partial charge in [-0.3, -0.25) is 4.79 Å². The number of rotatable bonds is 6. The monoisotopic (exact) mass is 407 g/mol. The van der Waals surface area contributed by atoms with Crippen molar-refractivity contribution in [3.05, 3.63) is 58.4 Å². The molecule has 1 aliphatic rings. The molecule has 148 valence electrons. The molecule has 0 aliphatic carbocycles. The molecule has 0 bridgehead atoms. The Morgan fingerprint density at radius 1 is 1.52 bits per heavy atom. The average molecular weight is 407 g/mol. The number of nitrogens with zero attached hydrogens (tertiary/aromatic N) is 4. The first-order valence-electron chi connectivity index (χ1n) is 9.28. The van der Waals surface area contributed by atoms with Gasteiger partial charge in [0.1, 0.15) is 22.2 Å². The lowest BCUT2D eigenvalue weighted by molar-refractivity contribution is -0.117. The summed E-state index contributed by atoms with van der Waals surface area (Å²) in [7, 11) is 0. The minimum atomic E-state index is -0.712. The molecule has 1 aromatic heterocycles. The van der Waals surface area contributed by atoms with E-state index in [-0.39, 0.29) is 0 Å². The summed E-state index contributed by atoms with van der Waals surface area (Å²) in [5.74, 6) is -0.0801. The molecule has 1 aromatic carbocycles. The van der Waals surface area contributed by atoms with Crippen molar-refractivity contribution < 1.29 is 9.90 Å². The van der Waals surface area contributed by atoms with Gasteiger partial charge in [0.25, 0.3) is 0 Å². The highest BCUT2D eigenvalue weighted by molar-refractivity contribution is 8.00. The Bertz CT molecular complexity index is 997. The summed E-state index contributed by atoms with van der Waals surface area (Å²) in [5.41, 5.74) is 7.61. The molecule has 8 heteroatoms. The molecular weight excluding hydrogens is 386 g/mol. The minimum Gasteiger partial charge on any atom is -0.391 e. The maximum Gasteiger partial charge on any atom is 0.235 e. The predicted molar refractivity (Wildman–Crippen MR) is 112 cm³/mol. The lowest BCUT2D eigenvalue weighted by Crippen LogP contribution is -2.23. The normalized spacial score (nSPS) is 16.8. The van der Waals surface area contributed by atoms with Gasteiger partial charge in [0.2, 0.25) is 11.6 Å². The van der Waals surface area contributed by atoms with E-state index in [9.17, 15) is 15.2 Å². The highest BCUT2D eigenvalue weighted by Gasteiger charge is 2.29. The number of carbonyl (C=O) groups excluding carboxylic acids is 1. The van der Waals surface area contributed by atoms with Crippen LogP contribution >= 0.6 is 11.8 Å². The van der Waals surface area contributed by atoms with Gasteiger partial charge in [-0.25, -0.2) is 9.83 Å². The van der Waals surface area contributed by atoms with Crippen molar-refractivity contribution in [2.45, 2.75) is 36.1 Å². The number of nitrogens with two attached hydrogens (primary N) is 1. The fourth-order valence-corrected chi connectivity index (χ4v) is 4.49. The van der Waals surface area contributed by atoms with Crippen LogP contribution in [-0.2, 0) is 11.2 Å². The first kappa shape index (κ1) is 20.7. The number of amides is 1. The molecule has 3 N–H and O–H groups in total. The number of aliphatic hydroxyl groups excluding tert-OH is 1. The van der Waals surface area contributed by atoms with Gasteiger partial charge >= 0.3 is 0 Å². The molecule has 1 fully saturated rings. The SMILES string of the molecule is [C-]#[N+]c1c(N2CCC(O)C2)nc(SC(C(N)=O)c2ccccc2)c(C#N)c1CC. The molecule has 2 unspecified atom stereocenters. The summed E-state index contributed by atoms with van der Waals surface area (Å²) < 4.78 is 0. The van der Waals surface area contributed by atoms with Crippen molar-refractivity contribution in [1.82, 2.24) is 4.98 Å². The zero-order chi connectivity index (χ0) is 21.0. The van der Waals surface area contributed by atoms with Crippen LogP contribution in [0.2, 0.25) is 0 Å². The highest BCUT2D eigenvalue weighted by atomic mass is 32.2. The van der Waals surface area contributed by atoms with Crippen LogP contribution in [0.4, 0.5) is 11.5 Å². The third-order valence-corrected chi connectivity index (χ3v) is 6.11. The van der Waals surface area contributed by atoms with E-state index >= 15 is 0 Å². The second-order valence-corrected chi connectivity index (χ2v) is 7.81. The number of benzene rings is 1. The summed E-state index contributed by atoms with van der Waals surface area (Å²) in [5, 5.41) is 19.4. The molecular formula is C21H21N5O2S. The average Bonchev–Trinajstić information content (AvgIpc) is 3.17. The quantitative estimate of drug-likeness (QED) is 0.563. The zero-order valence-corrected chi connectivity index (χ0v) is 16.8. The largest absolute Gasteiger partial charge is 0.391 e. The maximum atomic E-state index is 12.2. The topological polar surface area (TPSA) is 108 Å². The van der Waals surface area contributed by atoms with Gasteiger partial charge in [-0.2, -0.15) is 5.26 Å². The van der Waals surface area contributed by atoms with E-state index in [1.165, 1.54) is 0 Å². The van der Waals surface area contributed by atoms with Crippen LogP contribution in [0.25, 0.3) is 4.85 Å². The van der Waals surface area contributed by atoms with Crippen LogP contribution in [0.15, 0.2) is 35.4 Å². The van der Waals surface area contributed by atoms with Crippen LogP contribution in [0, 0.1) is 17.9 Å². The minimum absolute atomic E-state index is 0.300. The van der Waals surface area contributed by atoms with E-state index in [4.69, 9.17) is 12.3 Å². The molecule has 0 saturated carbocycles. The number of nitriles is 1. The Morgan fingerprint density at radius 2 is 2.24 bits per heavy atom. The third-order valence-electron chi connectivity index (χ3n) is 4.85. The molecule has 2 heterocycles. The van der Waals surface area contributed by atoms with Crippen LogP contribution in [0.3, 0.4) is 0 Å². The van der Waals surface area contributed by atoms with Crippen LogP contribution < -0.4 is 10.6 Å². The molecule has 7 nitrogen and oxygen atoms in total. The smallest absolute Gasteiger partial charge is 0.235 e. The Morgan fingerprint density at radius 3 is 2.76 bits per heavy atom. The number of thioether (sulfide) groups is 1. The van der Waals surface area contributed by atoms with E-state index in [0.29, 0.717) is 53.6 Å². The Balaban J connectivity index is 2.13. The van der Waals surface area contributed by atoms with Crippen molar-refractivity contribution in [2.75, 3.05) is 18.0 Å². The molecule has 3 rings (SSSR count). The predicted octanol–water partition coefficient (Wildman–Crippen LogP) is 2.96. The van der Waals surface area contributed by atoms with Crippen molar-refractivity contribution >= 4 is 29.2 Å². The zero-order valence-electron chi connectivity index (χ0n) is 16.0. The van der Waals surface area contributed by atoms with E-state index in [0.717, 1.165) is 17.3 Å². The molecule has 0 spiro atoms. The first-order valence-corrected chi connectivity index (χ1v) is 10.2. The number of anilines is 1. The Kier molecular flexibility index (Phi) is 6.38. The van der Waals surface area contributed by atoms with E-state index in [1.54, 1.807) is 12.1 Å². The summed E-state index contributed by atoms with van der Waals surface area (Å²) in [6.07, 6.45) is 0.596. The van der Waals surface area contributed by atoms with Gasteiger partial charge < -0.3 is 15.7 Å². The fraction of sp³-hybridized carbons (Fsp3) is 0.333. The van der Waals surface area contributed by atoms with E-state index < -0.39 is 17.3 Å². The molecule has 0 radical (unpaired) electrons. The Hall–Kier alpha value is -3.07. The van der Waals surface area contributed by atoms with Gasteiger partial charge in [-0.05, 0) is 24.0 Å². The number of hydrogen-bond acceptors (Lipinski definition) is 6. The van der Waals surface area contributed by atoms with Crippen molar-refractivity contribution in [3.63, 3.8) is 0 Å². The van der Waals surface area contributed by atoms with Crippen molar-refractivity contribution in [3.8, 4) is 6.07 Å². The summed E-state index contributed by atoms with van der Waals surface area (Å²) in [6, 6.07) is 11.3. The van der Waals surface area contributed by atoms with Crippen molar-refractivity contribution in [2.24, 2.45) is 5.73 Å². The molecule has 2 atom stereocenters. The summed E-state index contributed by atoms with van der Waals surface area (Å²) >= 11 is 1.12. The fourth-order valence-electron chi connectivity index (χ4n) is 3.43. The number of β-amino-alcohol motifs (C(OH)–C–C–N with tert-alkyl or cyclic N) is 1.